The number of hydrogen-bond acceptors (Lipinski definition) is 6. The molecular weight excluding hydrogens is 1780 g/mol. The second-order valence-electron chi connectivity index (χ2n) is 39.4. The van der Waals surface area contributed by atoms with Gasteiger partial charge in [-0.05, 0) is 288 Å². The van der Waals surface area contributed by atoms with Crippen molar-refractivity contribution in [3.8, 4) is 123 Å². The monoisotopic (exact) mass is 1880 g/mol. The van der Waals surface area contributed by atoms with E-state index in [9.17, 15) is 0 Å². The van der Waals surface area contributed by atoms with Crippen LogP contribution in [0, 0.1) is 41.5 Å². The predicted octanol–water partition coefficient (Wildman–Crippen LogP) is 39.5. The molecule has 0 radical (unpaired) electrons. The van der Waals surface area contributed by atoms with Gasteiger partial charge in [-0.25, -0.2) is 15.0 Å². The minimum atomic E-state index is 0.904. The summed E-state index contributed by atoms with van der Waals surface area (Å²) in [7, 11) is 0. The first-order valence-electron chi connectivity index (χ1n) is 50.5. The van der Waals surface area contributed by atoms with E-state index in [1.807, 2.05) is 36.4 Å². The second kappa shape index (κ2) is 35.7. The summed E-state index contributed by atoms with van der Waals surface area (Å²) in [5.41, 5.74) is 41.2. The van der Waals surface area contributed by atoms with Crippen LogP contribution in [0.15, 0.2) is 480 Å². The van der Waals surface area contributed by atoms with Crippen molar-refractivity contribution in [2.75, 3.05) is 0 Å². The molecule has 0 amide bonds. The lowest BCUT2D eigenvalue weighted by Gasteiger charge is -2.17. The maximum absolute atomic E-state index is 6.45. The molecule has 0 N–H and O–H groups in total. The first kappa shape index (κ1) is 87.3. The number of fused-ring (bicyclic) bond motifs is 27. The van der Waals surface area contributed by atoms with Crippen LogP contribution in [0.4, 0.5) is 0 Å². The fourth-order valence-electron chi connectivity index (χ4n) is 23.5. The summed E-state index contributed by atoms with van der Waals surface area (Å²) in [5.74, 6) is 0. The smallest absolute Gasteiger partial charge is 0.143 e. The molecule has 0 spiro atoms. The molecule has 0 aliphatic carbocycles. The lowest BCUT2D eigenvalue weighted by Crippen LogP contribution is -1.94. The molecule has 0 saturated heterocycles. The van der Waals surface area contributed by atoms with Crippen molar-refractivity contribution in [2.45, 2.75) is 41.5 Å². The molecule has 6 aromatic heterocycles. The van der Waals surface area contributed by atoms with E-state index < -0.39 is 0 Å². The van der Waals surface area contributed by atoms with Crippen LogP contribution in [0.2, 0.25) is 0 Å². The number of hydrogen-bond donors (Lipinski definition) is 0. The summed E-state index contributed by atoms with van der Waals surface area (Å²) in [5, 5.41) is 24.8. The van der Waals surface area contributed by atoms with Gasteiger partial charge in [0.05, 0.1) is 33.6 Å². The molecule has 29 rings (SSSR count). The number of nitrogens with zero attached hydrogens (tertiary/aromatic N) is 3. The van der Waals surface area contributed by atoms with Gasteiger partial charge in [0.25, 0.3) is 0 Å². The van der Waals surface area contributed by atoms with Crippen LogP contribution >= 0.6 is 0 Å². The maximum atomic E-state index is 6.45. The topological polar surface area (TPSA) is 78.1 Å². The molecule has 0 aliphatic heterocycles. The Labute approximate surface area is 850 Å². The highest BCUT2D eigenvalue weighted by atomic mass is 16.3. The summed E-state index contributed by atoms with van der Waals surface area (Å²) in [6.45, 7) is 13.3. The molecule has 0 fully saturated rings. The summed E-state index contributed by atoms with van der Waals surface area (Å²) in [6.07, 6.45) is 0. The van der Waals surface area contributed by atoms with E-state index in [4.69, 9.17) is 28.2 Å². The lowest BCUT2D eigenvalue weighted by molar-refractivity contribution is 0.669. The van der Waals surface area contributed by atoms with Gasteiger partial charge >= 0.3 is 0 Å². The van der Waals surface area contributed by atoms with E-state index in [0.717, 1.165) is 166 Å². The van der Waals surface area contributed by atoms with Gasteiger partial charge in [0.2, 0.25) is 0 Å². The molecule has 0 bridgehead atoms. The lowest BCUT2D eigenvalue weighted by atomic mass is 9.88. The average molecular weight is 1880 g/mol. The molecule has 6 heterocycles. The number of aromatic nitrogens is 3. The zero-order valence-electron chi connectivity index (χ0n) is 82.0. The van der Waals surface area contributed by atoms with Crippen molar-refractivity contribution in [3.05, 3.63) is 500 Å². The highest BCUT2D eigenvalue weighted by molar-refractivity contribution is 6.29. The molecule has 0 atom stereocenters. The highest BCUT2D eigenvalue weighted by Crippen LogP contribution is 2.49. The summed E-state index contributed by atoms with van der Waals surface area (Å²) in [4.78, 5) is 16.4. The summed E-state index contributed by atoms with van der Waals surface area (Å²) in [6, 6.07) is 167. The Balaban J connectivity index is 0.000000110. The van der Waals surface area contributed by atoms with Crippen molar-refractivity contribution < 1.29 is 13.3 Å². The standard InChI is InChI=1S/C53H41NO.C47H29NO.C41H25NO/c1-30-23-32(3)50(33(4)24-30)38-17-19-41-42-20-18-39(51-34(5)25-31(2)26-35(51)6)29-47(42)52-44(46(41)28-38)21-22-48(54-52)37-12-9-11-36(27-37)40-14-10-15-45-43-13-7-8-16-49(43)55-53(40)45;1-3-11-30(12-4-1)32-21-23-37-38-24-22-33(31-13-5-2-6-14-31)29-43(38)46-40(42(37)28-32)25-26-44(48-46)35-16-9-15-34(27-35)36-18-10-19-41-39-17-7-8-20-45(39)49-47(36)41;1-2-10-26(11-3-1)27-20-21-35-37(25-27)32-15-5-4-14-31(32)34-22-23-38(42-40(34)35)29-13-8-12-28(24-29)30-17-9-18-36-33-16-6-7-19-39(33)43-41(30)36/h7-29H,1-6H3;1-29H;1-25H. The van der Waals surface area contributed by atoms with Gasteiger partial charge in [0.15, 0.2) is 0 Å². The van der Waals surface area contributed by atoms with E-state index in [0.29, 0.717) is 0 Å². The Morgan fingerprint density at radius 2 is 0.374 bits per heavy atom. The third-order valence-corrected chi connectivity index (χ3v) is 30.1. The second-order valence-corrected chi connectivity index (χ2v) is 39.4. The average Bonchev–Trinajstić information content (AvgIpc) is 1.59. The van der Waals surface area contributed by atoms with Crippen molar-refractivity contribution in [3.63, 3.8) is 0 Å². The largest absolute Gasteiger partial charge is 0.455 e. The summed E-state index contributed by atoms with van der Waals surface area (Å²) < 4.78 is 19.2. The van der Waals surface area contributed by atoms with E-state index in [1.54, 1.807) is 0 Å². The number of benzene rings is 23. The van der Waals surface area contributed by atoms with Crippen LogP contribution in [-0.4, -0.2) is 15.0 Å². The molecule has 6 heteroatoms. The van der Waals surface area contributed by atoms with Crippen molar-refractivity contribution in [1.82, 2.24) is 15.0 Å². The number of rotatable bonds is 11. The fraction of sp³-hybridized carbons (Fsp3) is 0.0426. The molecular formula is C141H95N3O3. The third-order valence-electron chi connectivity index (χ3n) is 30.1. The maximum Gasteiger partial charge on any atom is 0.143 e. The molecule has 23 aromatic carbocycles. The normalized spacial score (nSPS) is 11.7. The van der Waals surface area contributed by atoms with Crippen LogP contribution in [-0.2, 0) is 0 Å². The quantitative estimate of drug-likeness (QED) is 0.120. The van der Waals surface area contributed by atoms with E-state index in [-0.39, 0.29) is 0 Å². The van der Waals surface area contributed by atoms with Gasteiger partial charge in [0, 0.05) is 98.0 Å². The van der Waals surface area contributed by atoms with Crippen LogP contribution in [0.1, 0.15) is 33.4 Å². The van der Waals surface area contributed by atoms with Crippen LogP contribution in [0.5, 0.6) is 0 Å². The predicted molar refractivity (Wildman–Crippen MR) is 620 cm³/mol. The Bertz CT molecular complexity index is 10400. The number of aryl methyl sites for hydroxylation is 6. The van der Waals surface area contributed by atoms with Gasteiger partial charge in [-0.2, -0.15) is 0 Å². The van der Waals surface area contributed by atoms with Crippen LogP contribution in [0.3, 0.4) is 0 Å². The van der Waals surface area contributed by atoms with Crippen LogP contribution in [0.25, 0.3) is 286 Å². The Morgan fingerprint density at radius 1 is 0.143 bits per heavy atom. The summed E-state index contributed by atoms with van der Waals surface area (Å²) >= 11 is 0. The first-order valence-corrected chi connectivity index (χ1v) is 50.5. The SMILES string of the molecule is Cc1cc(C)c(-c2ccc3c(c2)c2ccc(-c4cccc(-c5cccc6c5oc5ccccc56)c4)nc2c2cc(-c4c(C)cc(C)cc4C)ccc32)c(C)c1.c1ccc(-c2ccc3c(c2)c2ccc(-c4cccc(-c5cccc6c5oc5ccccc56)c4)nc2c2cc(-c4ccccc4)ccc32)cc1.c1ccc(-c2ccc3c(c2)c2ccccc2c2ccc(-c4cccc(-c5cccc6c5oc5ccccc56)c4)nc23)cc1. The minimum absolute atomic E-state index is 0.904. The molecule has 0 aliphatic rings. The van der Waals surface area contributed by atoms with Crippen LogP contribution < -0.4 is 0 Å². The number of pyridine rings is 3. The van der Waals surface area contributed by atoms with Gasteiger partial charge in [-0.1, -0.05) is 375 Å². The number of para-hydroxylation sites is 6. The Hall–Kier alpha value is -18.8. The Morgan fingerprint density at radius 3 is 0.728 bits per heavy atom. The van der Waals surface area contributed by atoms with Crippen molar-refractivity contribution in [2.24, 2.45) is 0 Å². The van der Waals surface area contributed by atoms with Crippen molar-refractivity contribution >= 4 is 163 Å². The molecule has 6 nitrogen and oxygen atoms in total. The first-order chi connectivity index (χ1) is 72.3. The molecule has 692 valence electrons. The van der Waals surface area contributed by atoms with Gasteiger partial charge in [-0.3, -0.25) is 0 Å². The van der Waals surface area contributed by atoms with E-state index in [2.05, 4.69) is 472 Å². The molecule has 0 unspecified atom stereocenters. The Kier molecular flexibility index (Phi) is 21.2. The molecule has 0 saturated carbocycles. The van der Waals surface area contributed by atoms with Gasteiger partial charge in [0.1, 0.15) is 33.5 Å². The fourth-order valence-corrected chi connectivity index (χ4v) is 23.5. The third kappa shape index (κ3) is 15.3. The minimum Gasteiger partial charge on any atom is -0.455 e. The van der Waals surface area contributed by atoms with E-state index in [1.165, 1.54) is 154 Å². The molecule has 147 heavy (non-hydrogen) atoms. The highest BCUT2D eigenvalue weighted by Gasteiger charge is 2.24. The van der Waals surface area contributed by atoms with E-state index >= 15 is 0 Å². The van der Waals surface area contributed by atoms with Crippen molar-refractivity contribution in [1.29, 1.82) is 0 Å². The molecule has 29 aromatic rings. The number of furan rings is 3. The zero-order chi connectivity index (χ0) is 98.2. The zero-order valence-corrected chi connectivity index (χ0v) is 82.0. The van der Waals surface area contributed by atoms with Gasteiger partial charge < -0.3 is 13.3 Å². The van der Waals surface area contributed by atoms with Gasteiger partial charge in [-0.15, -0.1) is 0 Å².